The van der Waals surface area contributed by atoms with Gasteiger partial charge in [0.2, 0.25) is 5.91 Å². The fourth-order valence-corrected chi connectivity index (χ4v) is 3.56. The van der Waals surface area contributed by atoms with Crippen molar-refractivity contribution in [1.29, 1.82) is 0 Å². The summed E-state index contributed by atoms with van der Waals surface area (Å²) < 4.78 is 27.3. The van der Waals surface area contributed by atoms with Crippen molar-refractivity contribution < 1.29 is 18.0 Å². The molecule has 0 fully saturated rings. The second-order valence-electron chi connectivity index (χ2n) is 6.22. The minimum absolute atomic E-state index is 0.0599. The zero-order chi connectivity index (χ0) is 21.4. The molecule has 0 aliphatic heterocycles. The fraction of sp³-hybridized carbons (Fsp3) is 0.0476. The van der Waals surface area contributed by atoms with Gasteiger partial charge in [0, 0.05) is 17.1 Å². The summed E-state index contributed by atoms with van der Waals surface area (Å²) in [5, 5.41) is 7.64. The molecule has 154 valence electrons. The van der Waals surface area contributed by atoms with Gasteiger partial charge < -0.3 is 16.0 Å². The molecule has 30 heavy (non-hydrogen) atoms. The highest BCUT2D eigenvalue weighted by atomic mass is 32.2. The third-order valence-electron chi connectivity index (χ3n) is 3.92. The number of rotatable bonds is 7. The Morgan fingerprint density at radius 2 is 1.20 bits per heavy atom. The van der Waals surface area contributed by atoms with Gasteiger partial charge >= 0.3 is 6.03 Å². The highest BCUT2D eigenvalue weighted by Gasteiger charge is 2.14. The van der Waals surface area contributed by atoms with Crippen LogP contribution in [0.4, 0.5) is 21.9 Å². The summed E-state index contributed by atoms with van der Waals surface area (Å²) in [5.41, 5.74) is 1.47. The minimum Gasteiger partial charge on any atom is -0.329 e. The third kappa shape index (κ3) is 6.08. The van der Waals surface area contributed by atoms with Crippen molar-refractivity contribution in [2.24, 2.45) is 0 Å². The van der Waals surface area contributed by atoms with Gasteiger partial charge in [-0.3, -0.25) is 9.52 Å². The van der Waals surface area contributed by atoms with Crippen LogP contribution in [0.15, 0.2) is 89.8 Å². The lowest BCUT2D eigenvalue weighted by Gasteiger charge is -2.10. The van der Waals surface area contributed by atoms with Crippen molar-refractivity contribution in [3.63, 3.8) is 0 Å². The zero-order valence-corrected chi connectivity index (χ0v) is 16.6. The van der Waals surface area contributed by atoms with Crippen LogP contribution in [0.1, 0.15) is 0 Å². The molecule has 8 nitrogen and oxygen atoms in total. The van der Waals surface area contributed by atoms with E-state index >= 15 is 0 Å². The molecule has 0 aliphatic rings. The predicted octanol–water partition coefficient (Wildman–Crippen LogP) is 3.25. The number of urea groups is 1. The van der Waals surface area contributed by atoms with E-state index in [0.29, 0.717) is 17.1 Å². The Labute approximate surface area is 174 Å². The molecule has 0 bridgehead atoms. The fourth-order valence-electron chi connectivity index (χ4n) is 2.50. The number of carbonyl (C=O) groups is 2. The Balaban J connectivity index is 1.51. The molecule has 9 heteroatoms. The molecule has 3 aromatic carbocycles. The van der Waals surface area contributed by atoms with Crippen molar-refractivity contribution in [3.8, 4) is 0 Å². The standard InChI is InChI=1S/C21H20N4O4S/c26-20(15-22-21(27)24-16-7-3-1-4-8-16)23-17-11-13-19(14-12-17)30(28,29)25-18-9-5-2-6-10-18/h1-14,25H,15H2,(H,23,26)(H2,22,24,27). The summed E-state index contributed by atoms with van der Waals surface area (Å²) in [6, 6.07) is 22.6. The number of sulfonamides is 1. The Morgan fingerprint density at radius 1 is 0.667 bits per heavy atom. The van der Waals surface area contributed by atoms with Gasteiger partial charge in [-0.2, -0.15) is 0 Å². The molecule has 0 atom stereocenters. The van der Waals surface area contributed by atoms with E-state index in [1.807, 2.05) is 6.07 Å². The average molecular weight is 424 g/mol. The molecule has 0 saturated heterocycles. The summed E-state index contributed by atoms with van der Waals surface area (Å²) in [5.74, 6) is -0.448. The molecule has 3 aromatic rings. The molecule has 0 aliphatic carbocycles. The molecule has 0 aromatic heterocycles. The largest absolute Gasteiger partial charge is 0.329 e. The van der Waals surface area contributed by atoms with Crippen LogP contribution >= 0.6 is 0 Å². The summed E-state index contributed by atoms with van der Waals surface area (Å²) in [6.07, 6.45) is 0. The van der Waals surface area contributed by atoms with E-state index < -0.39 is 22.0 Å². The first kappa shape index (κ1) is 20.9. The first-order chi connectivity index (χ1) is 14.4. The first-order valence-corrected chi connectivity index (χ1v) is 10.5. The number of para-hydroxylation sites is 2. The van der Waals surface area contributed by atoms with Crippen molar-refractivity contribution in [2.45, 2.75) is 4.90 Å². The van der Waals surface area contributed by atoms with E-state index in [-0.39, 0.29) is 11.4 Å². The maximum absolute atomic E-state index is 12.4. The molecule has 3 amide bonds. The van der Waals surface area contributed by atoms with Crippen molar-refractivity contribution in [2.75, 3.05) is 21.9 Å². The van der Waals surface area contributed by atoms with Gasteiger partial charge in [0.15, 0.2) is 0 Å². The average Bonchev–Trinajstić information content (AvgIpc) is 2.74. The van der Waals surface area contributed by atoms with Gasteiger partial charge in [0.25, 0.3) is 10.0 Å². The van der Waals surface area contributed by atoms with Gasteiger partial charge in [-0.1, -0.05) is 36.4 Å². The molecule has 0 spiro atoms. The topological polar surface area (TPSA) is 116 Å². The van der Waals surface area contributed by atoms with Gasteiger partial charge in [-0.15, -0.1) is 0 Å². The molecule has 3 rings (SSSR count). The van der Waals surface area contributed by atoms with E-state index in [1.165, 1.54) is 24.3 Å². The minimum atomic E-state index is -3.74. The molecule has 0 heterocycles. The maximum Gasteiger partial charge on any atom is 0.319 e. The highest BCUT2D eigenvalue weighted by Crippen LogP contribution is 2.18. The number of benzene rings is 3. The van der Waals surface area contributed by atoms with E-state index in [9.17, 15) is 18.0 Å². The monoisotopic (exact) mass is 424 g/mol. The number of hydrogen-bond donors (Lipinski definition) is 4. The van der Waals surface area contributed by atoms with Gasteiger partial charge in [-0.05, 0) is 48.5 Å². The number of hydrogen-bond acceptors (Lipinski definition) is 4. The van der Waals surface area contributed by atoms with Gasteiger partial charge in [0.1, 0.15) is 0 Å². The lowest BCUT2D eigenvalue weighted by Crippen LogP contribution is -2.35. The van der Waals surface area contributed by atoms with Gasteiger partial charge in [0.05, 0.1) is 11.4 Å². The second kappa shape index (κ2) is 9.57. The highest BCUT2D eigenvalue weighted by molar-refractivity contribution is 7.92. The predicted molar refractivity (Wildman–Crippen MR) is 116 cm³/mol. The van der Waals surface area contributed by atoms with Gasteiger partial charge in [-0.25, -0.2) is 13.2 Å². The van der Waals surface area contributed by atoms with E-state index in [1.54, 1.807) is 54.6 Å². The number of anilines is 3. The SMILES string of the molecule is O=C(CNC(=O)Nc1ccccc1)Nc1ccc(S(=O)(=O)Nc2ccccc2)cc1. The molecular formula is C21H20N4O4S. The third-order valence-corrected chi connectivity index (χ3v) is 5.31. The van der Waals surface area contributed by atoms with Crippen molar-refractivity contribution >= 4 is 39.0 Å². The van der Waals surface area contributed by atoms with Crippen LogP contribution in [0.2, 0.25) is 0 Å². The molecule has 0 unspecified atom stereocenters. The molecule has 4 N–H and O–H groups in total. The van der Waals surface area contributed by atoms with E-state index in [4.69, 9.17) is 0 Å². The van der Waals surface area contributed by atoms with Crippen molar-refractivity contribution in [1.82, 2.24) is 5.32 Å². The van der Waals surface area contributed by atoms with Crippen LogP contribution in [0.3, 0.4) is 0 Å². The van der Waals surface area contributed by atoms with Crippen LogP contribution in [0, 0.1) is 0 Å². The zero-order valence-electron chi connectivity index (χ0n) is 15.8. The Bertz CT molecular complexity index is 1100. The van der Waals surface area contributed by atoms with Crippen molar-refractivity contribution in [3.05, 3.63) is 84.9 Å². The lowest BCUT2D eigenvalue weighted by molar-refractivity contribution is -0.115. The normalized spacial score (nSPS) is 10.7. The van der Waals surface area contributed by atoms with Crippen LogP contribution in [-0.2, 0) is 14.8 Å². The Kier molecular flexibility index (Phi) is 6.66. The maximum atomic E-state index is 12.4. The summed E-state index contributed by atoms with van der Waals surface area (Å²) in [7, 11) is -3.74. The lowest BCUT2D eigenvalue weighted by atomic mass is 10.3. The smallest absolute Gasteiger partial charge is 0.319 e. The summed E-state index contributed by atoms with van der Waals surface area (Å²) in [4.78, 5) is 23.9. The summed E-state index contributed by atoms with van der Waals surface area (Å²) >= 11 is 0. The second-order valence-corrected chi connectivity index (χ2v) is 7.90. The van der Waals surface area contributed by atoms with Crippen LogP contribution in [0.5, 0.6) is 0 Å². The quantitative estimate of drug-likeness (QED) is 0.466. The summed E-state index contributed by atoms with van der Waals surface area (Å²) in [6.45, 7) is -0.242. The number of nitrogens with one attached hydrogen (secondary N) is 4. The Hall–Kier alpha value is -3.85. The number of amides is 3. The number of carbonyl (C=O) groups excluding carboxylic acids is 2. The van der Waals surface area contributed by atoms with Crippen LogP contribution < -0.4 is 20.7 Å². The molecule has 0 radical (unpaired) electrons. The Morgan fingerprint density at radius 3 is 1.80 bits per heavy atom. The first-order valence-electron chi connectivity index (χ1n) is 9.00. The van der Waals surface area contributed by atoms with Crippen LogP contribution in [0.25, 0.3) is 0 Å². The molecular weight excluding hydrogens is 404 g/mol. The molecule has 0 saturated carbocycles. The van der Waals surface area contributed by atoms with Crippen LogP contribution in [-0.4, -0.2) is 26.9 Å². The van der Waals surface area contributed by atoms with E-state index in [2.05, 4.69) is 20.7 Å². The van der Waals surface area contributed by atoms with E-state index in [0.717, 1.165) is 0 Å².